The Morgan fingerprint density at radius 2 is 2.00 bits per heavy atom. The van der Waals surface area contributed by atoms with Crippen molar-refractivity contribution in [3.05, 3.63) is 50.9 Å². The number of aryl methyl sites for hydroxylation is 1. The van der Waals surface area contributed by atoms with Crippen LogP contribution in [-0.2, 0) is 9.59 Å². The van der Waals surface area contributed by atoms with Crippen molar-refractivity contribution in [2.45, 2.75) is 25.2 Å². The number of nitrogens with one attached hydrogen (secondary N) is 1. The highest BCUT2D eigenvalue weighted by molar-refractivity contribution is 7.09. The van der Waals surface area contributed by atoms with Crippen LogP contribution in [0.3, 0.4) is 0 Å². The second-order valence-electron chi connectivity index (χ2n) is 5.08. The lowest BCUT2D eigenvalue weighted by molar-refractivity contribution is -0.135. The summed E-state index contributed by atoms with van der Waals surface area (Å²) in [4.78, 5) is 28.5. The summed E-state index contributed by atoms with van der Waals surface area (Å²) in [5, 5.41) is 5.80. The van der Waals surface area contributed by atoms with Crippen molar-refractivity contribution < 1.29 is 9.59 Å². The number of hydrogen-bond donors (Lipinski definition) is 1. The monoisotopic (exact) mass is 320 g/mol. The van der Waals surface area contributed by atoms with Crippen molar-refractivity contribution >= 4 is 34.8 Å². The van der Waals surface area contributed by atoms with E-state index in [0.29, 0.717) is 5.02 Å². The van der Waals surface area contributed by atoms with Crippen molar-refractivity contribution in [3.63, 3.8) is 0 Å². The zero-order chi connectivity index (χ0) is 15.0. The molecule has 0 aliphatic carbocycles. The van der Waals surface area contributed by atoms with Gasteiger partial charge in [0, 0.05) is 28.4 Å². The Bertz CT molecular complexity index is 696. The van der Waals surface area contributed by atoms with Crippen molar-refractivity contribution in [1.29, 1.82) is 0 Å². The van der Waals surface area contributed by atoms with Crippen molar-refractivity contribution in [2.75, 3.05) is 0 Å². The van der Waals surface area contributed by atoms with E-state index in [9.17, 15) is 9.59 Å². The fourth-order valence-electron chi connectivity index (χ4n) is 2.59. The van der Waals surface area contributed by atoms with Crippen LogP contribution in [0.5, 0.6) is 0 Å². The Labute approximate surface area is 131 Å². The molecule has 21 heavy (non-hydrogen) atoms. The molecule has 2 unspecified atom stereocenters. The Balaban J connectivity index is 2.02. The lowest BCUT2D eigenvalue weighted by Gasteiger charge is -2.29. The van der Waals surface area contributed by atoms with Crippen molar-refractivity contribution in [1.82, 2.24) is 10.3 Å². The molecular weight excluding hydrogens is 308 g/mol. The lowest BCUT2D eigenvalue weighted by Crippen LogP contribution is -2.43. The highest BCUT2D eigenvalue weighted by Gasteiger charge is 2.39. The van der Waals surface area contributed by atoms with Gasteiger partial charge >= 0.3 is 0 Å². The topological polar surface area (TPSA) is 59.1 Å². The summed E-state index contributed by atoms with van der Waals surface area (Å²) in [5.74, 6) is -1.15. The highest BCUT2D eigenvalue weighted by atomic mass is 35.5. The fraction of sp³-hybridized carbons (Fsp3) is 0.267. The minimum absolute atomic E-state index is 0.217. The molecule has 108 valence electrons. The molecule has 2 atom stereocenters. The minimum Gasteiger partial charge on any atom is -0.296 e. The number of halogens is 1. The standard InChI is InChI=1S/C15H13ClN2O2S/c1-8-7-21-15(17-8)11-6-12(19)18-14(20)13(11)9-2-4-10(16)5-3-9/h2-5,7,11,13H,6H2,1H3,(H,18,19,20). The first-order valence-electron chi connectivity index (χ1n) is 6.56. The molecule has 1 aromatic heterocycles. The number of thiazole rings is 1. The number of carbonyl (C=O) groups is 2. The quantitative estimate of drug-likeness (QED) is 0.865. The Kier molecular flexibility index (Phi) is 3.78. The van der Waals surface area contributed by atoms with E-state index in [0.717, 1.165) is 16.3 Å². The molecule has 3 rings (SSSR count). The molecule has 2 amide bonds. The van der Waals surface area contributed by atoms with Gasteiger partial charge in [0.05, 0.1) is 10.9 Å². The smallest absolute Gasteiger partial charge is 0.234 e. The van der Waals surface area contributed by atoms with Gasteiger partial charge in [0.2, 0.25) is 11.8 Å². The SMILES string of the molecule is Cc1csc(C2CC(=O)NC(=O)C2c2ccc(Cl)cc2)n1. The van der Waals surface area contributed by atoms with Crippen LogP contribution in [0.25, 0.3) is 0 Å². The summed E-state index contributed by atoms with van der Waals surface area (Å²) in [6.45, 7) is 1.90. The first kappa shape index (κ1) is 14.2. The summed E-state index contributed by atoms with van der Waals surface area (Å²) >= 11 is 7.39. The van der Waals surface area contributed by atoms with Crippen LogP contribution in [0.2, 0.25) is 5.02 Å². The number of amides is 2. The second kappa shape index (κ2) is 5.58. The van der Waals surface area contributed by atoms with Crippen LogP contribution in [0.15, 0.2) is 29.6 Å². The molecule has 4 nitrogen and oxygen atoms in total. The zero-order valence-electron chi connectivity index (χ0n) is 11.3. The van der Waals surface area contributed by atoms with Crippen molar-refractivity contribution in [3.8, 4) is 0 Å². The molecule has 2 aromatic rings. The Morgan fingerprint density at radius 3 is 2.62 bits per heavy atom. The van der Waals surface area contributed by atoms with Gasteiger partial charge in [-0.25, -0.2) is 4.98 Å². The normalized spacial score (nSPS) is 22.2. The third-order valence-electron chi connectivity index (χ3n) is 3.54. The molecule has 1 aromatic carbocycles. The van der Waals surface area contributed by atoms with Gasteiger partial charge in [-0.15, -0.1) is 11.3 Å². The zero-order valence-corrected chi connectivity index (χ0v) is 12.9. The molecule has 0 radical (unpaired) electrons. The number of rotatable bonds is 2. The van der Waals surface area contributed by atoms with Crippen LogP contribution in [0.1, 0.15) is 34.5 Å². The molecule has 1 aliphatic rings. The maximum atomic E-state index is 12.3. The number of piperidine rings is 1. The van der Waals surface area contributed by atoms with Crippen LogP contribution in [0.4, 0.5) is 0 Å². The molecule has 6 heteroatoms. The largest absolute Gasteiger partial charge is 0.296 e. The summed E-state index contributed by atoms with van der Waals surface area (Å²) in [6, 6.07) is 7.17. The fourth-order valence-corrected chi connectivity index (χ4v) is 3.65. The van der Waals surface area contributed by atoms with Crippen LogP contribution >= 0.6 is 22.9 Å². The first-order valence-corrected chi connectivity index (χ1v) is 7.81. The molecule has 1 aliphatic heterocycles. The number of nitrogens with zero attached hydrogens (tertiary/aromatic N) is 1. The van der Waals surface area contributed by atoms with Gasteiger partial charge in [-0.3, -0.25) is 14.9 Å². The van der Waals surface area contributed by atoms with E-state index in [-0.39, 0.29) is 24.2 Å². The predicted molar refractivity (Wildman–Crippen MR) is 81.6 cm³/mol. The molecule has 0 saturated carbocycles. The Morgan fingerprint density at radius 1 is 1.29 bits per heavy atom. The molecular formula is C15H13ClN2O2S. The van der Waals surface area contributed by atoms with Gasteiger partial charge in [-0.1, -0.05) is 23.7 Å². The van der Waals surface area contributed by atoms with Crippen LogP contribution in [0, 0.1) is 6.92 Å². The second-order valence-corrected chi connectivity index (χ2v) is 6.41. The van der Waals surface area contributed by atoms with E-state index in [4.69, 9.17) is 11.6 Å². The summed E-state index contributed by atoms with van der Waals surface area (Å²) in [6.07, 6.45) is 0.270. The van der Waals surface area contributed by atoms with E-state index in [2.05, 4.69) is 10.3 Å². The summed E-state index contributed by atoms with van der Waals surface area (Å²) in [5.41, 5.74) is 1.76. The van der Waals surface area contributed by atoms with E-state index < -0.39 is 5.92 Å². The maximum Gasteiger partial charge on any atom is 0.234 e. The van der Waals surface area contributed by atoms with E-state index >= 15 is 0 Å². The lowest BCUT2D eigenvalue weighted by atomic mass is 9.81. The number of benzene rings is 1. The molecule has 1 saturated heterocycles. The molecule has 1 N–H and O–H groups in total. The molecule has 1 fully saturated rings. The minimum atomic E-state index is -0.412. The van der Waals surface area contributed by atoms with Crippen molar-refractivity contribution in [2.24, 2.45) is 0 Å². The molecule has 2 heterocycles. The summed E-state index contributed by atoms with van der Waals surface area (Å²) < 4.78 is 0. The van der Waals surface area contributed by atoms with Crippen LogP contribution < -0.4 is 5.32 Å². The molecule has 0 bridgehead atoms. The van der Waals surface area contributed by atoms with Gasteiger partial charge in [0.15, 0.2) is 0 Å². The van der Waals surface area contributed by atoms with E-state index in [1.54, 1.807) is 12.1 Å². The van der Waals surface area contributed by atoms with Crippen LogP contribution in [-0.4, -0.2) is 16.8 Å². The van der Waals surface area contributed by atoms with Gasteiger partial charge in [-0.2, -0.15) is 0 Å². The number of hydrogen-bond acceptors (Lipinski definition) is 4. The summed E-state index contributed by atoms with van der Waals surface area (Å²) in [7, 11) is 0. The van der Waals surface area contributed by atoms with Gasteiger partial charge in [0.25, 0.3) is 0 Å². The number of carbonyl (C=O) groups excluding carboxylic acids is 2. The average Bonchev–Trinajstić information content (AvgIpc) is 2.86. The highest BCUT2D eigenvalue weighted by Crippen LogP contribution is 2.39. The molecule has 0 spiro atoms. The maximum absolute atomic E-state index is 12.3. The first-order chi connectivity index (χ1) is 10.0. The average molecular weight is 321 g/mol. The number of aromatic nitrogens is 1. The van der Waals surface area contributed by atoms with Gasteiger partial charge < -0.3 is 0 Å². The Hall–Kier alpha value is -1.72. The third-order valence-corrected chi connectivity index (χ3v) is 4.88. The van der Waals surface area contributed by atoms with E-state index in [1.807, 2.05) is 24.4 Å². The predicted octanol–water partition coefficient (Wildman–Crippen LogP) is 3.02. The third kappa shape index (κ3) is 2.84. The van der Waals surface area contributed by atoms with E-state index in [1.165, 1.54) is 11.3 Å². The number of imide groups is 1. The van der Waals surface area contributed by atoms with Gasteiger partial charge in [0.1, 0.15) is 0 Å². The van der Waals surface area contributed by atoms with Gasteiger partial charge in [-0.05, 0) is 24.6 Å².